The number of imidazole rings is 1. The highest BCUT2D eigenvalue weighted by atomic mass is 16.5. The van der Waals surface area contributed by atoms with Gasteiger partial charge in [0.15, 0.2) is 0 Å². The monoisotopic (exact) mass is 343 g/mol. The van der Waals surface area contributed by atoms with Gasteiger partial charge >= 0.3 is 0 Å². The molecule has 5 heteroatoms. The number of anilines is 1. The van der Waals surface area contributed by atoms with Crippen LogP contribution in [0.2, 0.25) is 0 Å². The number of para-hydroxylation sites is 3. The van der Waals surface area contributed by atoms with E-state index in [9.17, 15) is 4.79 Å². The zero-order valence-corrected chi connectivity index (χ0v) is 14.0. The van der Waals surface area contributed by atoms with Gasteiger partial charge in [-0.05, 0) is 30.3 Å². The lowest BCUT2D eigenvalue weighted by Crippen LogP contribution is -2.16. The second-order valence-corrected chi connectivity index (χ2v) is 5.82. The summed E-state index contributed by atoms with van der Waals surface area (Å²) in [7, 11) is 0. The van der Waals surface area contributed by atoms with Gasteiger partial charge in [0.05, 0.1) is 11.0 Å². The lowest BCUT2D eigenvalue weighted by Gasteiger charge is -2.10. The molecule has 1 amide bonds. The summed E-state index contributed by atoms with van der Waals surface area (Å²) in [6, 6.07) is 24.6. The number of fused-ring (bicyclic) bond motifs is 1. The molecule has 0 aliphatic carbocycles. The molecule has 0 atom stereocenters. The minimum atomic E-state index is -0.226. The molecule has 4 aromatic rings. The molecule has 0 fully saturated rings. The van der Waals surface area contributed by atoms with Gasteiger partial charge in [0.1, 0.15) is 12.4 Å². The molecule has 5 nitrogen and oxygen atoms in total. The smallest absolute Gasteiger partial charge is 0.258 e. The summed E-state index contributed by atoms with van der Waals surface area (Å²) >= 11 is 0. The Labute approximate surface area is 150 Å². The highest BCUT2D eigenvalue weighted by Gasteiger charge is 2.13. The number of rotatable bonds is 5. The first kappa shape index (κ1) is 15.9. The van der Waals surface area contributed by atoms with Crippen molar-refractivity contribution >= 4 is 22.9 Å². The highest BCUT2D eigenvalue weighted by molar-refractivity contribution is 6.05. The first-order valence-corrected chi connectivity index (χ1v) is 8.31. The number of nitrogens with one attached hydrogen (secondary N) is 2. The molecule has 4 rings (SSSR count). The Bertz CT molecular complexity index is 1010. The summed E-state index contributed by atoms with van der Waals surface area (Å²) in [5, 5.41) is 2.83. The number of aromatic amines is 1. The predicted octanol–water partition coefficient (Wildman–Crippen LogP) is 4.39. The maximum Gasteiger partial charge on any atom is 0.258 e. The van der Waals surface area contributed by atoms with Gasteiger partial charge in [-0.25, -0.2) is 4.98 Å². The number of ether oxygens (including phenoxy) is 1. The number of carbonyl (C=O) groups excluding carboxylic acids is 1. The lowest BCUT2D eigenvalue weighted by atomic mass is 10.1. The summed E-state index contributed by atoms with van der Waals surface area (Å²) in [5.74, 6) is 0.964. The topological polar surface area (TPSA) is 67.0 Å². The number of carbonyl (C=O) groups is 1. The number of amides is 1. The first-order chi connectivity index (χ1) is 12.8. The van der Waals surface area contributed by atoms with Crippen LogP contribution in [0.25, 0.3) is 11.0 Å². The van der Waals surface area contributed by atoms with E-state index in [0.717, 1.165) is 22.3 Å². The lowest BCUT2D eigenvalue weighted by molar-refractivity contribution is 0.102. The van der Waals surface area contributed by atoms with Crippen LogP contribution < -0.4 is 10.1 Å². The second-order valence-electron chi connectivity index (χ2n) is 5.82. The molecule has 26 heavy (non-hydrogen) atoms. The van der Waals surface area contributed by atoms with Gasteiger partial charge in [0.2, 0.25) is 5.95 Å². The zero-order chi connectivity index (χ0) is 17.8. The summed E-state index contributed by atoms with van der Waals surface area (Å²) in [5.41, 5.74) is 3.06. The van der Waals surface area contributed by atoms with E-state index in [4.69, 9.17) is 4.74 Å². The Balaban J connectivity index is 1.52. The number of nitrogens with zero attached hydrogens (tertiary/aromatic N) is 1. The van der Waals surface area contributed by atoms with Crippen molar-refractivity contribution in [3.63, 3.8) is 0 Å². The van der Waals surface area contributed by atoms with Crippen LogP contribution in [0.5, 0.6) is 5.75 Å². The van der Waals surface area contributed by atoms with E-state index in [1.807, 2.05) is 72.8 Å². The third-order valence-corrected chi connectivity index (χ3v) is 4.02. The fourth-order valence-corrected chi connectivity index (χ4v) is 2.73. The Morgan fingerprint density at radius 3 is 2.50 bits per heavy atom. The summed E-state index contributed by atoms with van der Waals surface area (Å²) in [6.07, 6.45) is 0. The van der Waals surface area contributed by atoms with Crippen LogP contribution in [0.3, 0.4) is 0 Å². The van der Waals surface area contributed by atoms with Crippen molar-refractivity contribution in [2.24, 2.45) is 0 Å². The molecule has 0 spiro atoms. The molecule has 0 unspecified atom stereocenters. The van der Waals surface area contributed by atoms with Gasteiger partial charge in [0, 0.05) is 11.1 Å². The van der Waals surface area contributed by atoms with E-state index in [1.54, 1.807) is 6.07 Å². The number of benzene rings is 3. The standard InChI is InChI=1S/C21H17N3O2/c25-20(24-21-22-18-12-6-7-13-19(18)23-21)17-11-5-4-8-15(17)14-26-16-9-2-1-3-10-16/h1-13H,14H2,(H2,22,23,24,25). The van der Waals surface area contributed by atoms with Gasteiger partial charge in [-0.1, -0.05) is 48.5 Å². The molecule has 0 radical (unpaired) electrons. The average molecular weight is 343 g/mol. The van der Waals surface area contributed by atoms with Gasteiger partial charge in [-0.2, -0.15) is 0 Å². The molecule has 2 N–H and O–H groups in total. The summed E-state index contributed by atoms with van der Waals surface area (Å²) in [6.45, 7) is 0.313. The van der Waals surface area contributed by atoms with Crippen molar-refractivity contribution in [1.29, 1.82) is 0 Å². The molecule has 1 heterocycles. The number of aromatic nitrogens is 2. The van der Waals surface area contributed by atoms with Crippen molar-refractivity contribution < 1.29 is 9.53 Å². The van der Waals surface area contributed by atoms with E-state index < -0.39 is 0 Å². The van der Waals surface area contributed by atoms with Crippen molar-refractivity contribution in [1.82, 2.24) is 9.97 Å². The van der Waals surface area contributed by atoms with Crippen molar-refractivity contribution in [3.8, 4) is 5.75 Å². The summed E-state index contributed by atoms with van der Waals surface area (Å²) < 4.78 is 5.78. The van der Waals surface area contributed by atoms with Gasteiger partial charge in [0.25, 0.3) is 5.91 Å². The Morgan fingerprint density at radius 1 is 0.923 bits per heavy atom. The van der Waals surface area contributed by atoms with E-state index in [2.05, 4.69) is 15.3 Å². The maximum absolute atomic E-state index is 12.7. The Hall–Kier alpha value is -3.60. The first-order valence-electron chi connectivity index (χ1n) is 8.31. The van der Waals surface area contributed by atoms with E-state index in [0.29, 0.717) is 18.1 Å². The number of H-pyrrole nitrogens is 1. The van der Waals surface area contributed by atoms with Crippen molar-refractivity contribution in [2.45, 2.75) is 6.61 Å². The molecular formula is C21H17N3O2. The van der Waals surface area contributed by atoms with E-state index in [-0.39, 0.29) is 5.91 Å². The number of hydrogen-bond acceptors (Lipinski definition) is 3. The summed E-state index contributed by atoms with van der Waals surface area (Å²) in [4.78, 5) is 20.2. The largest absolute Gasteiger partial charge is 0.489 e. The third-order valence-electron chi connectivity index (χ3n) is 4.02. The van der Waals surface area contributed by atoms with Crippen LogP contribution in [0.15, 0.2) is 78.9 Å². The predicted molar refractivity (Wildman–Crippen MR) is 101 cm³/mol. The van der Waals surface area contributed by atoms with Crippen LogP contribution in [0, 0.1) is 0 Å². The molecule has 0 saturated heterocycles. The van der Waals surface area contributed by atoms with Crippen molar-refractivity contribution in [3.05, 3.63) is 90.0 Å². The molecule has 0 aliphatic heterocycles. The molecule has 128 valence electrons. The molecule has 3 aromatic carbocycles. The SMILES string of the molecule is O=C(Nc1nc2ccccc2[nH]1)c1ccccc1COc1ccccc1. The van der Waals surface area contributed by atoms with Crippen LogP contribution in [0.1, 0.15) is 15.9 Å². The van der Waals surface area contributed by atoms with Crippen LogP contribution in [-0.4, -0.2) is 15.9 Å². The van der Waals surface area contributed by atoms with E-state index >= 15 is 0 Å². The Kier molecular flexibility index (Phi) is 4.35. The highest BCUT2D eigenvalue weighted by Crippen LogP contribution is 2.17. The fraction of sp³-hybridized carbons (Fsp3) is 0.0476. The second kappa shape index (κ2) is 7.11. The zero-order valence-electron chi connectivity index (χ0n) is 14.0. The van der Waals surface area contributed by atoms with Crippen LogP contribution in [0.4, 0.5) is 5.95 Å². The third kappa shape index (κ3) is 3.42. The molecule has 0 aliphatic rings. The van der Waals surface area contributed by atoms with Gasteiger partial charge in [-0.15, -0.1) is 0 Å². The van der Waals surface area contributed by atoms with Gasteiger partial charge in [-0.3, -0.25) is 10.1 Å². The molecule has 0 bridgehead atoms. The van der Waals surface area contributed by atoms with E-state index in [1.165, 1.54) is 0 Å². The van der Waals surface area contributed by atoms with Gasteiger partial charge < -0.3 is 9.72 Å². The maximum atomic E-state index is 12.7. The van der Waals surface area contributed by atoms with Crippen LogP contribution in [-0.2, 0) is 6.61 Å². The molecule has 0 saturated carbocycles. The molecule has 1 aromatic heterocycles. The minimum absolute atomic E-state index is 0.226. The quantitative estimate of drug-likeness (QED) is 0.564. The molecular weight excluding hydrogens is 326 g/mol. The minimum Gasteiger partial charge on any atom is -0.489 e. The normalized spacial score (nSPS) is 10.6. The number of hydrogen-bond donors (Lipinski definition) is 2. The average Bonchev–Trinajstić information content (AvgIpc) is 3.09. The van der Waals surface area contributed by atoms with Crippen molar-refractivity contribution in [2.75, 3.05) is 5.32 Å². The van der Waals surface area contributed by atoms with Crippen LogP contribution >= 0.6 is 0 Å². The Morgan fingerprint density at radius 2 is 1.65 bits per heavy atom. The fourth-order valence-electron chi connectivity index (χ4n) is 2.73.